The van der Waals surface area contributed by atoms with Crippen molar-refractivity contribution < 1.29 is 9.21 Å². The molecule has 0 aliphatic carbocycles. The van der Waals surface area contributed by atoms with Gasteiger partial charge >= 0.3 is 5.76 Å². The molecule has 0 atom stereocenters. The molecule has 3 aromatic rings. The van der Waals surface area contributed by atoms with Crippen LogP contribution in [0.15, 0.2) is 49.4 Å². The molecule has 1 amide bonds. The predicted octanol–water partition coefficient (Wildman–Crippen LogP) is 3.17. The highest BCUT2D eigenvalue weighted by Gasteiger charge is 2.10. The summed E-state index contributed by atoms with van der Waals surface area (Å²) in [5.74, 6) is -0.500. The van der Waals surface area contributed by atoms with Crippen LogP contribution >= 0.6 is 27.3 Å². The van der Waals surface area contributed by atoms with E-state index in [2.05, 4.69) is 21.2 Å². The molecule has 1 N–H and O–H groups in total. The van der Waals surface area contributed by atoms with Crippen molar-refractivity contribution >= 4 is 44.3 Å². The Balaban J connectivity index is 1.52. The van der Waals surface area contributed by atoms with Gasteiger partial charge in [-0.2, -0.15) is 0 Å². The first-order valence-corrected chi connectivity index (χ1v) is 8.84. The lowest BCUT2D eigenvalue weighted by Crippen LogP contribution is -2.27. The zero-order valence-electron chi connectivity index (χ0n) is 12.3. The van der Waals surface area contributed by atoms with Crippen LogP contribution < -0.4 is 11.1 Å². The van der Waals surface area contributed by atoms with E-state index in [9.17, 15) is 9.59 Å². The standard InChI is InChI=1S/C16H15BrN2O3S/c17-14-6-5-11(23-14)7-9-18-15(20)8-10-19-12-3-1-2-4-13(12)22-16(19)21/h1-6H,7-10H2,(H,18,20). The molecule has 2 aromatic heterocycles. The van der Waals surface area contributed by atoms with Crippen LogP contribution in [-0.2, 0) is 17.8 Å². The highest BCUT2D eigenvalue weighted by molar-refractivity contribution is 9.11. The van der Waals surface area contributed by atoms with Gasteiger partial charge in [0, 0.05) is 24.4 Å². The molecule has 0 unspecified atom stereocenters. The maximum atomic E-state index is 11.9. The SMILES string of the molecule is O=C(CCn1c(=O)oc2ccccc21)NCCc1ccc(Br)s1. The van der Waals surface area contributed by atoms with Gasteiger partial charge in [-0.25, -0.2) is 4.79 Å². The van der Waals surface area contributed by atoms with Crippen LogP contribution in [0.5, 0.6) is 0 Å². The zero-order valence-corrected chi connectivity index (χ0v) is 14.7. The number of carbonyl (C=O) groups is 1. The number of para-hydroxylation sites is 2. The Kier molecular flexibility index (Phi) is 4.97. The topological polar surface area (TPSA) is 64.2 Å². The molecule has 0 saturated heterocycles. The molecular weight excluding hydrogens is 380 g/mol. The minimum Gasteiger partial charge on any atom is -0.408 e. The van der Waals surface area contributed by atoms with Crippen LogP contribution in [0.25, 0.3) is 11.1 Å². The first-order chi connectivity index (χ1) is 11.1. The quantitative estimate of drug-likeness (QED) is 0.698. The van der Waals surface area contributed by atoms with Crippen LogP contribution in [0.3, 0.4) is 0 Å². The van der Waals surface area contributed by atoms with Gasteiger partial charge in [-0.05, 0) is 46.6 Å². The number of carbonyl (C=O) groups excluding carboxylic acids is 1. The summed E-state index contributed by atoms with van der Waals surface area (Å²) in [6, 6.07) is 11.2. The summed E-state index contributed by atoms with van der Waals surface area (Å²) in [4.78, 5) is 24.9. The first kappa shape index (κ1) is 16.0. The largest absolute Gasteiger partial charge is 0.419 e. The van der Waals surface area contributed by atoms with Gasteiger partial charge in [-0.1, -0.05) is 12.1 Å². The van der Waals surface area contributed by atoms with E-state index in [0.717, 1.165) is 10.2 Å². The molecule has 7 heteroatoms. The number of hydrogen-bond acceptors (Lipinski definition) is 4. The maximum Gasteiger partial charge on any atom is 0.419 e. The summed E-state index contributed by atoms with van der Waals surface area (Å²) in [7, 11) is 0. The lowest BCUT2D eigenvalue weighted by molar-refractivity contribution is -0.121. The molecule has 0 radical (unpaired) electrons. The van der Waals surface area contributed by atoms with E-state index >= 15 is 0 Å². The minimum atomic E-state index is -0.428. The van der Waals surface area contributed by atoms with E-state index in [4.69, 9.17) is 4.42 Å². The predicted molar refractivity (Wildman–Crippen MR) is 93.8 cm³/mol. The van der Waals surface area contributed by atoms with Crippen molar-refractivity contribution in [2.24, 2.45) is 0 Å². The summed E-state index contributed by atoms with van der Waals surface area (Å²) in [6.07, 6.45) is 1.05. The van der Waals surface area contributed by atoms with Gasteiger partial charge in [0.25, 0.3) is 0 Å². The molecule has 0 spiro atoms. The number of nitrogens with zero attached hydrogens (tertiary/aromatic N) is 1. The fourth-order valence-electron chi connectivity index (χ4n) is 2.34. The lowest BCUT2D eigenvalue weighted by Gasteiger charge is -2.05. The number of aryl methyl sites for hydroxylation is 1. The average molecular weight is 395 g/mol. The molecule has 0 aliphatic rings. The fourth-order valence-corrected chi connectivity index (χ4v) is 3.82. The number of halogens is 1. The fraction of sp³-hybridized carbons (Fsp3) is 0.250. The van der Waals surface area contributed by atoms with Gasteiger partial charge in [-0.15, -0.1) is 11.3 Å². The number of rotatable bonds is 6. The van der Waals surface area contributed by atoms with Crippen molar-refractivity contribution in [3.63, 3.8) is 0 Å². The molecular formula is C16H15BrN2O3S. The number of oxazole rings is 1. The average Bonchev–Trinajstić information content (AvgIpc) is 3.08. The molecule has 0 bridgehead atoms. The van der Waals surface area contributed by atoms with Gasteiger partial charge in [0.15, 0.2) is 5.58 Å². The van der Waals surface area contributed by atoms with Crippen LogP contribution in [0.4, 0.5) is 0 Å². The van der Waals surface area contributed by atoms with E-state index in [-0.39, 0.29) is 12.3 Å². The van der Waals surface area contributed by atoms with E-state index in [1.54, 1.807) is 17.4 Å². The van der Waals surface area contributed by atoms with E-state index < -0.39 is 5.76 Å². The Morgan fingerprint density at radius 2 is 2.09 bits per heavy atom. The third-order valence-electron chi connectivity index (χ3n) is 3.46. The normalized spacial score (nSPS) is 11.0. The van der Waals surface area contributed by atoms with Crippen molar-refractivity contribution in [3.05, 3.63) is 55.6 Å². The second-order valence-electron chi connectivity index (χ2n) is 5.04. The summed E-state index contributed by atoms with van der Waals surface area (Å²) in [6.45, 7) is 0.902. The van der Waals surface area contributed by atoms with Crippen LogP contribution in [0.1, 0.15) is 11.3 Å². The third-order valence-corrected chi connectivity index (χ3v) is 5.14. The van der Waals surface area contributed by atoms with E-state index in [1.165, 1.54) is 9.44 Å². The third kappa shape index (κ3) is 3.92. The second-order valence-corrected chi connectivity index (χ2v) is 7.59. The first-order valence-electron chi connectivity index (χ1n) is 7.23. The Bertz CT molecular complexity index is 881. The Hall–Kier alpha value is -1.86. The van der Waals surface area contributed by atoms with Gasteiger partial charge in [0.2, 0.25) is 5.91 Å². The Labute approximate surface area is 145 Å². The summed E-state index contributed by atoms with van der Waals surface area (Å²) < 4.78 is 7.72. The van der Waals surface area contributed by atoms with Crippen LogP contribution in [-0.4, -0.2) is 17.0 Å². The number of nitrogens with one attached hydrogen (secondary N) is 1. The van der Waals surface area contributed by atoms with Crippen molar-refractivity contribution in [2.75, 3.05) is 6.54 Å². The molecule has 5 nitrogen and oxygen atoms in total. The molecule has 120 valence electrons. The van der Waals surface area contributed by atoms with Gasteiger partial charge in [0.05, 0.1) is 9.30 Å². The van der Waals surface area contributed by atoms with Gasteiger partial charge in [-0.3, -0.25) is 9.36 Å². The van der Waals surface area contributed by atoms with Crippen LogP contribution in [0.2, 0.25) is 0 Å². The molecule has 2 heterocycles. The number of amides is 1. The number of thiophene rings is 1. The molecule has 1 aromatic carbocycles. The van der Waals surface area contributed by atoms with Crippen molar-refractivity contribution in [3.8, 4) is 0 Å². The minimum absolute atomic E-state index is 0.0715. The van der Waals surface area contributed by atoms with Gasteiger partial charge < -0.3 is 9.73 Å². The lowest BCUT2D eigenvalue weighted by atomic mass is 10.3. The number of benzene rings is 1. The van der Waals surface area contributed by atoms with Crippen molar-refractivity contribution in [1.82, 2.24) is 9.88 Å². The monoisotopic (exact) mass is 394 g/mol. The van der Waals surface area contributed by atoms with E-state index in [0.29, 0.717) is 24.2 Å². The van der Waals surface area contributed by atoms with Gasteiger partial charge in [0.1, 0.15) is 0 Å². The number of hydrogen-bond donors (Lipinski definition) is 1. The molecule has 0 aliphatic heterocycles. The van der Waals surface area contributed by atoms with Crippen LogP contribution in [0, 0.1) is 0 Å². The Morgan fingerprint density at radius 3 is 2.87 bits per heavy atom. The smallest absolute Gasteiger partial charge is 0.408 e. The summed E-state index contributed by atoms with van der Waals surface area (Å²) in [5.41, 5.74) is 1.26. The maximum absolute atomic E-state index is 11.9. The summed E-state index contributed by atoms with van der Waals surface area (Å²) in [5, 5.41) is 2.88. The number of aromatic nitrogens is 1. The molecule has 3 rings (SSSR count). The second kappa shape index (κ2) is 7.14. The van der Waals surface area contributed by atoms with Crippen molar-refractivity contribution in [1.29, 1.82) is 0 Å². The summed E-state index contributed by atoms with van der Waals surface area (Å²) >= 11 is 5.08. The Morgan fingerprint density at radius 1 is 1.26 bits per heavy atom. The molecule has 0 fully saturated rings. The van der Waals surface area contributed by atoms with E-state index in [1.807, 2.05) is 30.3 Å². The highest BCUT2D eigenvalue weighted by Crippen LogP contribution is 2.22. The molecule has 0 saturated carbocycles. The zero-order chi connectivity index (χ0) is 16.2. The number of fused-ring (bicyclic) bond motifs is 1. The highest BCUT2D eigenvalue weighted by atomic mass is 79.9. The van der Waals surface area contributed by atoms with Crippen molar-refractivity contribution in [2.45, 2.75) is 19.4 Å². The molecule has 23 heavy (non-hydrogen) atoms.